The number of fused-ring (bicyclic) bond motifs is 1. The van der Waals surface area contributed by atoms with Crippen LogP contribution in [0, 0.1) is 5.92 Å². The molecule has 0 radical (unpaired) electrons. The van der Waals surface area contributed by atoms with Crippen molar-refractivity contribution in [1.29, 1.82) is 0 Å². The Labute approximate surface area is 127 Å². The van der Waals surface area contributed by atoms with Crippen molar-refractivity contribution in [2.75, 3.05) is 14.2 Å². The van der Waals surface area contributed by atoms with E-state index in [1.807, 2.05) is 17.8 Å². The Morgan fingerprint density at radius 2 is 2.05 bits per heavy atom. The Morgan fingerprint density at radius 3 is 2.58 bits per heavy atom. The number of benzene rings is 1. The molecular weight excluding hydrogens is 326 g/mol. The molecule has 2 rings (SSSR count). The minimum atomic E-state index is -0.0323. The third-order valence-electron chi connectivity index (χ3n) is 3.53. The molecule has 19 heavy (non-hydrogen) atoms. The Kier molecular flexibility index (Phi) is 4.69. The van der Waals surface area contributed by atoms with Gasteiger partial charge in [-0.2, -0.15) is 11.8 Å². The van der Waals surface area contributed by atoms with E-state index in [2.05, 4.69) is 29.8 Å². The fourth-order valence-electron chi connectivity index (χ4n) is 2.61. The first-order chi connectivity index (χ1) is 9.01. The molecule has 106 valence electrons. The van der Waals surface area contributed by atoms with Gasteiger partial charge in [0.1, 0.15) is 11.5 Å². The van der Waals surface area contributed by atoms with Gasteiger partial charge in [-0.05, 0) is 27.9 Å². The van der Waals surface area contributed by atoms with Crippen LogP contribution in [0.3, 0.4) is 0 Å². The van der Waals surface area contributed by atoms with Crippen molar-refractivity contribution in [3.63, 3.8) is 0 Å². The van der Waals surface area contributed by atoms with E-state index in [9.17, 15) is 0 Å². The Bertz CT molecular complexity index is 479. The summed E-state index contributed by atoms with van der Waals surface area (Å²) in [5.74, 6) is 3.17. The molecule has 1 aliphatic heterocycles. The van der Waals surface area contributed by atoms with Crippen LogP contribution in [-0.4, -0.2) is 19.5 Å². The van der Waals surface area contributed by atoms with E-state index in [0.717, 1.165) is 32.9 Å². The molecule has 3 nitrogen and oxygen atoms in total. The van der Waals surface area contributed by atoms with Gasteiger partial charge in [0, 0.05) is 28.2 Å². The number of methoxy groups -OCH3 is 2. The molecule has 0 amide bonds. The van der Waals surface area contributed by atoms with Crippen molar-refractivity contribution in [3.05, 3.63) is 21.7 Å². The van der Waals surface area contributed by atoms with Crippen LogP contribution in [0.5, 0.6) is 11.5 Å². The summed E-state index contributed by atoms with van der Waals surface area (Å²) >= 11 is 5.45. The van der Waals surface area contributed by atoms with Crippen molar-refractivity contribution in [1.82, 2.24) is 0 Å². The van der Waals surface area contributed by atoms with Crippen LogP contribution in [0.1, 0.15) is 31.0 Å². The number of nitrogens with two attached hydrogens (primary N) is 1. The van der Waals surface area contributed by atoms with E-state index in [-0.39, 0.29) is 6.04 Å². The number of hydrogen-bond donors (Lipinski definition) is 1. The minimum Gasteiger partial charge on any atom is -0.496 e. The molecule has 2 N–H and O–H groups in total. The number of halogens is 1. The maximum absolute atomic E-state index is 6.48. The van der Waals surface area contributed by atoms with Gasteiger partial charge in [-0.15, -0.1) is 0 Å². The Balaban J connectivity index is 2.59. The van der Waals surface area contributed by atoms with Crippen LogP contribution in [0.15, 0.2) is 10.5 Å². The molecule has 0 aliphatic carbocycles. The zero-order valence-electron chi connectivity index (χ0n) is 11.7. The van der Waals surface area contributed by atoms with E-state index < -0.39 is 0 Å². The van der Waals surface area contributed by atoms with Crippen molar-refractivity contribution >= 4 is 27.7 Å². The lowest BCUT2D eigenvalue weighted by molar-refractivity contribution is 0.384. The summed E-state index contributed by atoms with van der Waals surface area (Å²) in [6.07, 6.45) is 0. The molecule has 0 saturated heterocycles. The number of ether oxygens (including phenoxy) is 2. The third kappa shape index (κ3) is 2.60. The van der Waals surface area contributed by atoms with E-state index in [4.69, 9.17) is 15.2 Å². The molecule has 0 bridgehead atoms. The lowest BCUT2D eigenvalue weighted by Crippen LogP contribution is -2.32. The predicted molar refractivity (Wildman–Crippen MR) is 84.1 cm³/mol. The van der Waals surface area contributed by atoms with Crippen molar-refractivity contribution in [2.24, 2.45) is 11.7 Å². The topological polar surface area (TPSA) is 44.5 Å². The van der Waals surface area contributed by atoms with Crippen LogP contribution < -0.4 is 15.2 Å². The van der Waals surface area contributed by atoms with Gasteiger partial charge in [-0.25, -0.2) is 0 Å². The summed E-state index contributed by atoms with van der Waals surface area (Å²) in [7, 11) is 3.38. The summed E-state index contributed by atoms with van der Waals surface area (Å²) in [4.78, 5) is 0. The lowest BCUT2D eigenvalue weighted by Gasteiger charge is -2.35. The van der Waals surface area contributed by atoms with E-state index in [1.165, 1.54) is 0 Å². The molecular formula is C14H20BrNO2S. The fourth-order valence-corrected chi connectivity index (χ4v) is 4.58. The largest absolute Gasteiger partial charge is 0.496 e. The summed E-state index contributed by atoms with van der Waals surface area (Å²) in [6, 6.07) is 1.93. The van der Waals surface area contributed by atoms with Crippen LogP contribution in [0.2, 0.25) is 0 Å². The van der Waals surface area contributed by atoms with Gasteiger partial charge < -0.3 is 15.2 Å². The van der Waals surface area contributed by atoms with Gasteiger partial charge in [-0.3, -0.25) is 0 Å². The first-order valence-corrected chi connectivity index (χ1v) is 8.15. The van der Waals surface area contributed by atoms with E-state index in [1.54, 1.807) is 14.2 Å². The quantitative estimate of drug-likeness (QED) is 0.906. The average Bonchev–Trinajstić information content (AvgIpc) is 2.38. The zero-order valence-corrected chi connectivity index (χ0v) is 14.1. The smallest absolute Gasteiger partial charge is 0.138 e. The number of rotatable bonds is 3. The van der Waals surface area contributed by atoms with Gasteiger partial charge in [0.05, 0.1) is 18.7 Å². The van der Waals surface area contributed by atoms with Crippen LogP contribution in [-0.2, 0) is 5.75 Å². The van der Waals surface area contributed by atoms with Gasteiger partial charge in [0.2, 0.25) is 0 Å². The third-order valence-corrected chi connectivity index (χ3v) is 5.80. The molecule has 1 aromatic carbocycles. The zero-order chi connectivity index (χ0) is 14.2. The molecule has 1 aromatic rings. The summed E-state index contributed by atoms with van der Waals surface area (Å²) in [5.41, 5.74) is 8.74. The Hall–Kier alpha value is -0.390. The second-order valence-electron chi connectivity index (χ2n) is 5.03. The fraction of sp³-hybridized carbons (Fsp3) is 0.571. The van der Waals surface area contributed by atoms with Crippen molar-refractivity contribution in [2.45, 2.75) is 30.9 Å². The van der Waals surface area contributed by atoms with E-state index in [0.29, 0.717) is 11.2 Å². The highest BCUT2D eigenvalue weighted by molar-refractivity contribution is 9.10. The number of thioether (sulfide) groups is 1. The summed E-state index contributed by atoms with van der Waals surface area (Å²) in [5, 5.41) is 0.403. The molecule has 1 aliphatic rings. The van der Waals surface area contributed by atoms with Crippen molar-refractivity contribution < 1.29 is 9.47 Å². The highest BCUT2D eigenvalue weighted by Crippen LogP contribution is 2.49. The molecule has 2 unspecified atom stereocenters. The first-order valence-electron chi connectivity index (χ1n) is 6.31. The highest BCUT2D eigenvalue weighted by Gasteiger charge is 2.34. The monoisotopic (exact) mass is 345 g/mol. The second kappa shape index (κ2) is 5.94. The average molecular weight is 346 g/mol. The van der Waals surface area contributed by atoms with Gasteiger partial charge >= 0.3 is 0 Å². The standard InChI is InChI=1S/C14H20BrNO2S/c1-7(2)14-12(16)11-8(6-19-14)10(17-3)5-9(15)13(11)18-4/h5,7,12,14H,6,16H2,1-4H3. The molecule has 2 atom stereocenters. The van der Waals surface area contributed by atoms with Crippen molar-refractivity contribution in [3.8, 4) is 11.5 Å². The second-order valence-corrected chi connectivity index (χ2v) is 7.05. The maximum atomic E-state index is 6.48. The van der Waals surface area contributed by atoms with Crippen LogP contribution in [0.4, 0.5) is 0 Å². The molecule has 0 spiro atoms. The molecule has 0 fully saturated rings. The summed E-state index contributed by atoms with van der Waals surface area (Å²) in [6.45, 7) is 4.43. The molecule has 0 aromatic heterocycles. The normalized spacial score (nSPS) is 22.3. The number of hydrogen-bond acceptors (Lipinski definition) is 4. The van der Waals surface area contributed by atoms with Crippen LogP contribution in [0.25, 0.3) is 0 Å². The first kappa shape index (κ1) is 15.0. The molecule has 1 heterocycles. The predicted octanol–water partition coefficient (Wildman–Crippen LogP) is 3.74. The van der Waals surface area contributed by atoms with Gasteiger partial charge in [-0.1, -0.05) is 13.8 Å². The van der Waals surface area contributed by atoms with Crippen LogP contribution >= 0.6 is 27.7 Å². The lowest BCUT2D eigenvalue weighted by atomic mass is 9.92. The van der Waals surface area contributed by atoms with Gasteiger partial charge in [0.25, 0.3) is 0 Å². The maximum Gasteiger partial charge on any atom is 0.138 e. The minimum absolute atomic E-state index is 0.0323. The molecule has 5 heteroatoms. The Morgan fingerprint density at radius 1 is 1.37 bits per heavy atom. The van der Waals surface area contributed by atoms with Gasteiger partial charge in [0.15, 0.2) is 0 Å². The van der Waals surface area contributed by atoms with E-state index >= 15 is 0 Å². The summed E-state index contributed by atoms with van der Waals surface area (Å²) < 4.78 is 11.9. The highest BCUT2D eigenvalue weighted by atomic mass is 79.9. The molecule has 0 saturated carbocycles. The SMILES string of the molecule is COc1cc(Br)c(OC)c2c1CSC(C(C)C)C2N.